The van der Waals surface area contributed by atoms with Crippen LogP contribution in [0.1, 0.15) is 44.2 Å². The fourth-order valence-electron chi connectivity index (χ4n) is 3.52. The van der Waals surface area contributed by atoms with Gasteiger partial charge in [-0.1, -0.05) is 69.3 Å². The third-order valence-corrected chi connectivity index (χ3v) is 6.03. The van der Waals surface area contributed by atoms with Gasteiger partial charge in [-0.2, -0.15) is 0 Å². The second kappa shape index (κ2) is 11.0. The molecule has 2 aromatic carbocycles. The van der Waals surface area contributed by atoms with E-state index >= 15 is 0 Å². The molecule has 0 fully saturated rings. The van der Waals surface area contributed by atoms with Crippen LogP contribution in [0.15, 0.2) is 69.2 Å². The normalized spacial score (nSPS) is 10.9. The highest BCUT2D eigenvalue weighted by molar-refractivity contribution is 7.99. The summed E-state index contributed by atoms with van der Waals surface area (Å²) in [6, 6.07) is 13.9. The molecule has 5 heteroatoms. The van der Waals surface area contributed by atoms with E-state index in [4.69, 9.17) is 9.15 Å². The van der Waals surface area contributed by atoms with Gasteiger partial charge in [0.1, 0.15) is 11.5 Å². The number of hydrogen-bond acceptors (Lipinski definition) is 5. The van der Waals surface area contributed by atoms with Gasteiger partial charge in [-0.15, -0.1) is 0 Å². The predicted molar refractivity (Wildman–Crippen MR) is 128 cm³/mol. The highest BCUT2D eigenvalue weighted by Crippen LogP contribution is 2.28. The molecule has 0 aliphatic heterocycles. The van der Waals surface area contributed by atoms with Crippen molar-refractivity contribution in [2.24, 2.45) is 0 Å². The van der Waals surface area contributed by atoms with E-state index in [1.807, 2.05) is 18.2 Å². The topological polar surface area (TPSA) is 56.5 Å². The van der Waals surface area contributed by atoms with Crippen LogP contribution in [-0.2, 0) is 22.4 Å². The highest BCUT2D eigenvalue weighted by Gasteiger charge is 2.13. The van der Waals surface area contributed by atoms with Gasteiger partial charge in [0, 0.05) is 16.4 Å². The maximum atomic E-state index is 12.8. The summed E-state index contributed by atoms with van der Waals surface area (Å²) in [5, 5.41) is 0.858. The molecule has 0 N–H and O–H groups in total. The first-order valence-corrected chi connectivity index (χ1v) is 11.7. The second-order valence-electron chi connectivity index (χ2n) is 7.38. The minimum atomic E-state index is -0.465. The van der Waals surface area contributed by atoms with Crippen LogP contribution in [0.2, 0.25) is 0 Å². The van der Waals surface area contributed by atoms with Gasteiger partial charge in [0.05, 0.1) is 5.56 Å². The summed E-state index contributed by atoms with van der Waals surface area (Å²) in [6.45, 7) is 7.69. The zero-order valence-corrected chi connectivity index (χ0v) is 18.9. The van der Waals surface area contributed by atoms with E-state index in [1.54, 1.807) is 6.07 Å². The van der Waals surface area contributed by atoms with E-state index < -0.39 is 5.97 Å². The van der Waals surface area contributed by atoms with Crippen LogP contribution in [0.4, 0.5) is 0 Å². The molecule has 0 radical (unpaired) electrons. The number of aryl methyl sites for hydroxylation is 2. The number of carbonyl (C=O) groups excluding carboxylic acids is 1. The number of benzene rings is 2. The zero-order valence-electron chi connectivity index (χ0n) is 18.1. The molecule has 0 spiro atoms. The Balaban J connectivity index is 1.86. The molecule has 162 valence electrons. The summed E-state index contributed by atoms with van der Waals surface area (Å²) in [6.07, 6.45) is 6.67. The monoisotopic (exact) mass is 436 g/mol. The molecule has 1 heterocycles. The Morgan fingerprint density at radius 3 is 2.68 bits per heavy atom. The minimum absolute atomic E-state index is 0.170. The van der Waals surface area contributed by atoms with Gasteiger partial charge in [-0.25, -0.2) is 9.59 Å². The molecule has 0 saturated heterocycles. The molecule has 0 aliphatic carbocycles. The summed E-state index contributed by atoms with van der Waals surface area (Å²) < 4.78 is 10.6. The van der Waals surface area contributed by atoms with Crippen LogP contribution in [0.25, 0.3) is 22.1 Å². The lowest BCUT2D eigenvalue weighted by atomic mass is 9.94. The third-order valence-electron chi connectivity index (χ3n) is 5.21. The molecule has 3 aromatic rings. The minimum Gasteiger partial charge on any atom is -0.451 e. The number of rotatable bonds is 10. The first-order valence-electron chi connectivity index (χ1n) is 10.7. The lowest BCUT2D eigenvalue weighted by molar-refractivity contribution is -0.135. The average Bonchev–Trinajstić information content (AvgIpc) is 2.78. The number of thioether (sulfide) groups is 1. The van der Waals surface area contributed by atoms with Gasteiger partial charge in [-0.05, 0) is 54.2 Å². The number of carbonyl (C=O) groups is 1. The number of hydrogen-bond donors (Lipinski definition) is 0. The molecule has 4 nitrogen and oxygen atoms in total. The summed E-state index contributed by atoms with van der Waals surface area (Å²) in [4.78, 5) is 24.8. The summed E-state index contributed by atoms with van der Waals surface area (Å²) >= 11 is 1.35. The van der Waals surface area contributed by atoms with E-state index in [0.29, 0.717) is 11.1 Å². The fraction of sp³-hybridized carbons (Fsp3) is 0.308. The largest absolute Gasteiger partial charge is 0.451 e. The Hall–Kier alpha value is -2.79. The number of unbranched alkanes of at least 4 members (excludes halogenated alkanes) is 2. The summed E-state index contributed by atoms with van der Waals surface area (Å²) in [5.74, 6) is -0.295. The van der Waals surface area contributed by atoms with Crippen molar-refractivity contribution >= 4 is 28.7 Å². The van der Waals surface area contributed by atoms with Gasteiger partial charge >= 0.3 is 11.6 Å². The van der Waals surface area contributed by atoms with Crippen molar-refractivity contribution in [2.45, 2.75) is 50.8 Å². The number of fused-ring (bicyclic) bond motifs is 1. The quantitative estimate of drug-likeness (QED) is 0.0902. The van der Waals surface area contributed by atoms with Crippen molar-refractivity contribution in [3.05, 3.63) is 76.7 Å². The van der Waals surface area contributed by atoms with Crippen molar-refractivity contribution in [1.29, 1.82) is 0 Å². The second-order valence-corrected chi connectivity index (χ2v) is 8.37. The number of ether oxygens (including phenoxy) is 1. The van der Waals surface area contributed by atoms with Crippen LogP contribution < -0.4 is 5.63 Å². The van der Waals surface area contributed by atoms with Crippen molar-refractivity contribution in [3.8, 4) is 11.1 Å². The maximum Gasteiger partial charge on any atom is 0.344 e. The SMILES string of the molecule is C=CC(=O)OCSc1ccc2cc(-c3ccc(CCCCC)cc3CC)c(=O)oc2c1. The molecule has 31 heavy (non-hydrogen) atoms. The Bertz CT molecular complexity index is 1130. The van der Waals surface area contributed by atoms with Crippen molar-refractivity contribution in [3.63, 3.8) is 0 Å². The van der Waals surface area contributed by atoms with Crippen LogP contribution in [0, 0.1) is 0 Å². The molecule has 0 atom stereocenters. The van der Waals surface area contributed by atoms with Gasteiger partial charge in [0.25, 0.3) is 0 Å². The van der Waals surface area contributed by atoms with Crippen molar-refractivity contribution in [2.75, 3.05) is 5.94 Å². The van der Waals surface area contributed by atoms with Gasteiger partial charge in [-0.3, -0.25) is 0 Å². The molecular weight excluding hydrogens is 408 g/mol. The zero-order chi connectivity index (χ0) is 22.2. The molecule has 0 saturated carbocycles. The molecular formula is C26H28O4S. The lowest BCUT2D eigenvalue weighted by Gasteiger charge is -2.11. The van der Waals surface area contributed by atoms with E-state index in [1.165, 1.54) is 36.6 Å². The molecule has 0 aliphatic rings. The average molecular weight is 437 g/mol. The first-order chi connectivity index (χ1) is 15.0. The van der Waals surface area contributed by atoms with Gasteiger partial charge in [0.15, 0.2) is 0 Å². The van der Waals surface area contributed by atoms with Crippen LogP contribution >= 0.6 is 11.8 Å². The van der Waals surface area contributed by atoms with E-state index in [9.17, 15) is 9.59 Å². The van der Waals surface area contributed by atoms with Crippen LogP contribution in [-0.4, -0.2) is 11.9 Å². The first kappa shape index (κ1) is 22.9. The third kappa shape index (κ3) is 5.88. The highest BCUT2D eigenvalue weighted by atomic mass is 32.2. The maximum absolute atomic E-state index is 12.8. The Morgan fingerprint density at radius 2 is 1.94 bits per heavy atom. The lowest BCUT2D eigenvalue weighted by Crippen LogP contribution is -2.05. The Morgan fingerprint density at radius 1 is 1.10 bits per heavy atom. The van der Waals surface area contributed by atoms with E-state index in [2.05, 4.69) is 38.6 Å². The van der Waals surface area contributed by atoms with Crippen molar-refractivity contribution < 1.29 is 13.9 Å². The fourth-order valence-corrected chi connectivity index (χ4v) is 4.19. The Kier molecular flexibility index (Phi) is 8.13. The molecule has 0 amide bonds. The van der Waals surface area contributed by atoms with Crippen LogP contribution in [0.3, 0.4) is 0 Å². The van der Waals surface area contributed by atoms with Crippen LogP contribution in [0.5, 0.6) is 0 Å². The number of esters is 1. The smallest absolute Gasteiger partial charge is 0.344 e. The Labute approximate surface area is 187 Å². The summed E-state index contributed by atoms with van der Waals surface area (Å²) in [7, 11) is 0. The standard InChI is InChI=1S/C26H28O4S/c1-4-7-8-9-18-10-13-22(19(5-2)14-18)23-15-20-11-12-21(16-24(20)30-26(23)28)31-17-29-25(27)6-3/h6,10-16H,3-5,7-9,17H2,1-2H3. The molecule has 1 aromatic heterocycles. The molecule has 3 rings (SSSR count). The summed E-state index contributed by atoms with van der Waals surface area (Å²) in [5.41, 5.74) is 4.18. The molecule has 0 bridgehead atoms. The van der Waals surface area contributed by atoms with Gasteiger partial charge in [0.2, 0.25) is 0 Å². The van der Waals surface area contributed by atoms with Crippen molar-refractivity contribution in [1.82, 2.24) is 0 Å². The predicted octanol–water partition coefficient (Wildman–Crippen LogP) is 6.53. The van der Waals surface area contributed by atoms with E-state index in [-0.39, 0.29) is 11.6 Å². The van der Waals surface area contributed by atoms with Gasteiger partial charge < -0.3 is 9.15 Å². The molecule has 0 unspecified atom stereocenters. The van der Waals surface area contributed by atoms with E-state index in [0.717, 1.165) is 40.3 Å².